The summed E-state index contributed by atoms with van der Waals surface area (Å²) in [6.45, 7) is 0.266. The van der Waals surface area contributed by atoms with Gasteiger partial charge in [0.25, 0.3) is 0 Å². The zero-order chi connectivity index (χ0) is 16.9. The molecule has 0 radical (unpaired) electrons. The van der Waals surface area contributed by atoms with Gasteiger partial charge in [0, 0.05) is 41.2 Å². The minimum absolute atomic E-state index is 0.0754. The first-order chi connectivity index (χ1) is 11.7. The van der Waals surface area contributed by atoms with Crippen molar-refractivity contribution in [1.82, 2.24) is 9.97 Å². The van der Waals surface area contributed by atoms with Crippen LogP contribution in [0.3, 0.4) is 0 Å². The molecule has 0 aliphatic carbocycles. The lowest BCUT2D eigenvalue weighted by molar-refractivity contribution is 0.278. The van der Waals surface area contributed by atoms with Gasteiger partial charge in [-0.05, 0) is 29.3 Å². The number of benzene rings is 1. The van der Waals surface area contributed by atoms with Gasteiger partial charge in [0.15, 0.2) is 0 Å². The number of hydrogen-bond acceptors (Lipinski definition) is 5. The third-order valence-corrected chi connectivity index (χ3v) is 5.27. The van der Waals surface area contributed by atoms with E-state index in [-0.39, 0.29) is 6.61 Å². The fourth-order valence-electron chi connectivity index (χ4n) is 2.44. The van der Waals surface area contributed by atoms with Crippen LogP contribution in [0.15, 0.2) is 64.9 Å². The molecule has 0 aliphatic rings. The van der Waals surface area contributed by atoms with Gasteiger partial charge in [-0.2, -0.15) is 0 Å². The van der Waals surface area contributed by atoms with Gasteiger partial charge in [0.1, 0.15) is 5.03 Å². The minimum Gasteiger partial charge on any atom is -0.392 e. The molecule has 0 fully saturated rings. The molecular formula is C18H16ClN3OS. The predicted octanol–water partition coefficient (Wildman–Crippen LogP) is 3.90. The molecule has 2 heterocycles. The molecule has 3 rings (SSSR count). The maximum absolute atomic E-state index is 9.51. The number of hydrogen-bond donors (Lipinski definition) is 2. The summed E-state index contributed by atoms with van der Waals surface area (Å²) in [4.78, 5) is 9.38. The highest BCUT2D eigenvalue weighted by atomic mass is 35.5. The van der Waals surface area contributed by atoms with Crippen LogP contribution in [0.4, 0.5) is 0 Å². The Bertz CT molecular complexity index is 843. The second kappa shape index (κ2) is 7.77. The SMILES string of the molecule is NCc1c(-c2cccnc2)ccc(Cl)c1Sc1ncccc1CO. The van der Waals surface area contributed by atoms with Crippen molar-refractivity contribution in [2.75, 3.05) is 0 Å². The Labute approximate surface area is 149 Å². The van der Waals surface area contributed by atoms with Crippen molar-refractivity contribution >= 4 is 23.4 Å². The summed E-state index contributed by atoms with van der Waals surface area (Å²) in [6, 6.07) is 11.3. The average molecular weight is 358 g/mol. The molecule has 2 aromatic heterocycles. The monoisotopic (exact) mass is 357 g/mol. The lowest BCUT2D eigenvalue weighted by Gasteiger charge is -2.15. The molecule has 122 valence electrons. The molecule has 4 nitrogen and oxygen atoms in total. The van der Waals surface area contributed by atoms with Gasteiger partial charge >= 0.3 is 0 Å². The first kappa shape index (κ1) is 16.9. The van der Waals surface area contributed by atoms with Crippen molar-refractivity contribution in [3.63, 3.8) is 0 Å². The summed E-state index contributed by atoms with van der Waals surface area (Å²) in [5, 5.41) is 10.8. The Hall–Kier alpha value is -1.92. The van der Waals surface area contributed by atoms with Gasteiger partial charge in [-0.15, -0.1) is 0 Å². The smallest absolute Gasteiger partial charge is 0.106 e. The molecule has 1 aromatic carbocycles. The van der Waals surface area contributed by atoms with E-state index in [9.17, 15) is 5.11 Å². The molecule has 0 spiro atoms. The maximum atomic E-state index is 9.51. The summed E-state index contributed by atoms with van der Waals surface area (Å²) in [7, 11) is 0. The van der Waals surface area contributed by atoms with Crippen LogP contribution >= 0.6 is 23.4 Å². The number of nitrogens with two attached hydrogens (primary N) is 1. The van der Waals surface area contributed by atoms with Crippen LogP contribution in [-0.4, -0.2) is 15.1 Å². The van der Waals surface area contributed by atoms with Crippen LogP contribution in [0, 0.1) is 0 Å². The number of aliphatic hydroxyl groups is 1. The zero-order valence-electron chi connectivity index (χ0n) is 12.8. The van der Waals surface area contributed by atoms with E-state index in [0.29, 0.717) is 11.6 Å². The van der Waals surface area contributed by atoms with Gasteiger partial charge in [-0.3, -0.25) is 4.98 Å². The Kier molecular flexibility index (Phi) is 5.48. The molecule has 0 atom stereocenters. The van der Waals surface area contributed by atoms with E-state index in [0.717, 1.165) is 32.2 Å². The van der Waals surface area contributed by atoms with Crippen molar-refractivity contribution in [3.8, 4) is 11.1 Å². The number of aromatic nitrogens is 2. The van der Waals surface area contributed by atoms with E-state index in [2.05, 4.69) is 9.97 Å². The lowest BCUT2D eigenvalue weighted by atomic mass is 10.0. The second-order valence-corrected chi connectivity index (χ2v) is 6.48. The Morgan fingerprint density at radius 1 is 1.12 bits per heavy atom. The third kappa shape index (κ3) is 3.44. The molecule has 24 heavy (non-hydrogen) atoms. The van der Waals surface area contributed by atoms with Crippen molar-refractivity contribution in [1.29, 1.82) is 0 Å². The highest BCUT2D eigenvalue weighted by molar-refractivity contribution is 7.99. The van der Waals surface area contributed by atoms with Crippen molar-refractivity contribution in [2.24, 2.45) is 5.73 Å². The predicted molar refractivity (Wildman–Crippen MR) is 96.9 cm³/mol. The molecule has 0 saturated carbocycles. The van der Waals surface area contributed by atoms with Crippen molar-refractivity contribution in [2.45, 2.75) is 23.1 Å². The van der Waals surface area contributed by atoms with Gasteiger partial charge < -0.3 is 10.8 Å². The second-order valence-electron chi connectivity index (χ2n) is 5.08. The van der Waals surface area contributed by atoms with E-state index in [1.165, 1.54) is 11.8 Å². The lowest BCUT2D eigenvalue weighted by Crippen LogP contribution is -2.03. The molecule has 6 heteroatoms. The van der Waals surface area contributed by atoms with Crippen molar-refractivity contribution < 1.29 is 5.11 Å². The number of halogens is 1. The molecule has 3 aromatic rings. The van der Waals surface area contributed by atoms with Gasteiger partial charge in [0.2, 0.25) is 0 Å². The number of pyridine rings is 2. The van der Waals surface area contributed by atoms with Crippen LogP contribution in [0.2, 0.25) is 5.02 Å². The Morgan fingerprint density at radius 3 is 2.67 bits per heavy atom. The molecule has 3 N–H and O–H groups in total. The fourth-order valence-corrected chi connectivity index (χ4v) is 3.78. The average Bonchev–Trinajstić information content (AvgIpc) is 2.64. The molecule has 0 aliphatic heterocycles. The van der Waals surface area contributed by atoms with Crippen LogP contribution in [0.1, 0.15) is 11.1 Å². The van der Waals surface area contributed by atoms with Crippen LogP contribution in [-0.2, 0) is 13.2 Å². The van der Waals surface area contributed by atoms with E-state index in [4.69, 9.17) is 17.3 Å². The molecule has 0 unspecified atom stereocenters. The minimum atomic E-state index is -0.0754. The van der Waals surface area contributed by atoms with E-state index in [1.807, 2.05) is 30.3 Å². The summed E-state index contributed by atoms with van der Waals surface area (Å²) in [6.07, 6.45) is 5.23. The third-order valence-electron chi connectivity index (χ3n) is 3.61. The number of aliphatic hydroxyl groups excluding tert-OH is 1. The highest BCUT2D eigenvalue weighted by Crippen LogP contribution is 2.40. The first-order valence-electron chi connectivity index (χ1n) is 7.39. The largest absolute Gasteiger partial charge is 0.392 e. The highest BCUT2D eigenvalue weighted by Gasteiger charge is 2.16. The quantitative estimate of drug-likeness (QED) is 0.724. The number of nitrogens with zero attached hydrogens (tertiary/aromatic N) is 2. The van der Waals surface area contributed by atoms with Crippen LogP contribution < -0.4 is 5.73 Å². The van der Waals surface area contributed by atoms with E-state index >= 15 is 0 Å². The first-order valence-corrected chi connectivity index (χ1v) is 8.58. The number of rotatable bonds is 5. The Balaban J connectivity index is 2.10. The van der Waals surface area contributed by atoms with Crippen LogP contribution in [0.25, 0.3) is 11.1 Å². The summed E-state index contributed by atoms with van der Waals surface area (Å²) in [5.74, 6) is 0. The Morgan fingerprint density at radius 2 is 1.96 bits per heavy atom. The summed E-state index contributed by atoms with van der Waals surface area (Å²) in [5.41, 5.74) is 9.70. The standard InChI is InChI=1S/C18H16ClN3OS/c19-16-6-5-14(12-3-1-7-21-10-12)15(9-20)17(16)24-18-13(11-23)4-2-8-22-18/h1-8,10,23H,9,11,20H2. The van der Waals surface area contributed by atoms with Crippen LogP contribution in [0.5, 0.6) is 0 Å². The van der Waals surface area contributed by atoms with E-state index in [1.54, 1.807) is 24.7 Å². The molecular weight excluding hydrogens is 342 g/mol. The zero-order valence-corrected chi connectivity index (χ0v) is 14.4. The topological polar surface area (TPSA) is 72.0 Å². The molecule has 0 saturated heterocycles. The van der Waals surface area contributed by atoms with Gasteiger partial charge in [-0.1, -0.05) is 41.6 Å². The van der Waals surface area contributed by atoms with E-state index < -0.39 is 0 Å². The maximum Gasteiger partial charge on any atom is 0.106 e. The fraction of sp³-hybridized carbons (Fsp3) is 0.111. The van der Waals surface area contributed by atoms with Gasteiger partial charge in [0.05, 0.1) is 11.6 Å². The molecule has 0 amide bonds. The van der Waals surface area contributed by atoms with Gasteiger partial charge in [-0.25, -0.2) is 4.98 Å². The van der Waals surface area contributed by atoms with Crippen molar-refractivity contribution in [3.05, 3.63) is 71.1 Å². The summed E-state index contributed by atoms with van der Waals surface area (Å²) < 4.78 is 0. The normalized spacial score (nSPS) is 10.8. The molecule has 0 bridgehead atoms. The summed E-state index contributed by atoms with van der Waals surface area (Å²) >= 11 is 7.85.